The number of hydrogen-bond acceptors (Lipinski definition) is 10. The van der Waals surface area contributed by atoms with Gasteiger partial charge in [0.15, 0.2) is 0 Å². The first-order chi connectivity index (χ1) is 46.9. The van der Waals surface area contributed by atoms with E-state index in [1.54, 1.807) is 22.7 Å². The molecule has 0 unspecified atom stereocenters. The second kappa shape index (κ2) is 33.0. The zero-order chi connectivity index (χ0) is 64.9. The Morgan fingerprint density at radius 1 is 0.305 bits per heavy atom. The zero-order valence-electron chi connectivity index (χ0n) is 56.2. The van der Waals surface area contributed by atoms with Crippen LogP contribution in [0.15, 0.2) is 150 Å². The van der Waals surface area contributed by atoms with Crippen molar-refractivity contribution < 1.29 is 0 Å². The van der Waals surface area contributed by atoms with Crippen molar-refractivity contribution in [1.29, 1.82) is 0 Å². The molecule has 0 aliphatic rings. The van der Waals surface area contributed by atoms with E-state index in [1.807, 2.05) is 45.3 Å². The summed E-state index contributed by atoms with van der Waals surface area (Å²) in [6.07, 6.45) is 33.0. The first-order valence-corrected chi connectivity index (χ1v) is 41.6. The van der Waals surface area contributed by atoms with Gasteiger partial charge in [-0.25, -0.2) is 0 Å². The lowest BCUT2D eigenvalue weighted by atomic mass is 10.1. The summed E-state index contributed by atoms with van der Waals surface area (Å²) < 4.78 is 14.7. The van der Waals surface area contributed by atoms with Crippen molar-refractivity contribution >= 4 is 123 Å². The Balaban J connectivity index is 0.727. The van der Waals surface area contributed by atoms with Gasteiger partial charge in [0.25, 0.3) is 0 Å². The van der Waals surface area contributed by atoms with E-state index >= 15 is 0 Å². The Bertz CT molecular complexity index is 4410. The highest BCUT2D eigenvalue weighted by Crippen LogP contribution is 2.49. The molecule has 0 fully saturated rings. The Morgan fingerprint density at radius 3 is 1.08 bits per heavy atom. The maximum absolute atomic E-state index is 14.8. The quantitative estimate of drug-likeness (QED) is 0.0368. The topological polar surface area (TPSA) is 52.7 Å². The number of fused-ring (bicyclic) bond motifs is 6. The predicted molar refractivity (Wildman–Crippen MR) is 424 cm³/mol. The standard InChI is InChI=1S/C83H92N4OS7/c1-5-9-13-17-19-21-23-31-51-86-65-37-29-27-35-61(65)63-53-57(39-41-67(63)86)69-43-45-71(89-69)77-55-59(33-25-15-11-7-3)82(93-77)75-49-47-73(91-75)79-81(88)80(85-95-84-79)74-48-50-76(92-74)83-60(34-26-16-12-8-4)56-78(94-83)72-46-44-70(90-72)58-40-42-68-64(54-58)62-36-28-30-38-66(62)87(68)52-32-24-22-20-18-14-10-6-2/h27-30,35-50,53-56H,5-26,31-34,51-52H2,1-4H3. The SMILES string of the molecule is CCCCCCCCCCn1c2ccccc2c2cc(-c3ccc(-c4cc(CCCCCC)c(-c5ccc(-c6nsnc(-c7ccc(-c8sc(-c9ccc(-c%10ccc%11c(c%10)c%10ccccc%10n%11CCCCCCCCCC)s9)cc8CCCCCC)s7)c6=O)s5)s4)s3)ccc21. The molecule has 95 heavy (non-hydrogen) atoms. The molecular weight excluding hydrogens is 1290 g/mol. The van der Waals surface area contributed by atoms with Crippen LogP contribution in [0.1, 0.15) is 193 Å². The zero-order valence-corrected chi connectivity index (χ0v) is 61.9. The van der Waals surface area contributed by atoms with E-state index in [4.69, 9.17) is 8.75 Å². The van der Waals surface area contributed by atoms with Crippen LogP contribution in [0.25, 0.3) is 125 Å². The summed E-state index contributed by atoms with van der Waals surface area (Å²) >= 11 is 12.1. The molecule has 0 spiro atoms. The number of nitrogens with zero attached hydrogens (tertiary/aromatic N) is 4. The molecule has 9 heterocycles. The molecule has 13 aromatic rings. The van der Waals surface area contributed by atoms with Crippen molar-refractivity contribution in [2.75, 3.05) is 0 Å². The fourth-order valence-electron chi connectivity index (χ4n) is 14.1. The highest BCUT2D eigenvalue weighted by molar-refractivity contribution is 7.29. The summed E-state index contributed by atoms with van der Waals surface area (Å²) in [5, 5.41) is 5.38. The summed E-state index contributed by atoms with van der Waals surface area (Å²) in [5.74, 6) is 0. The smallest absolute Gasteiger partial charge is 0.234 e. The molecule has 0 bridgehead atoms. The molecule has 492 valence electrons. The normalized spacial score (nSPS) is 12.0. The van der Waals surface area contributed by atoms with Crippen LogP contribution in [-0.2, 0) is 25.9 Å². The van der Waals surface area contributed by atoms with Crippen LogP contribution in [-0.4, -0.2) is 17.9 Å². The molecule has 0 amide bonds. The number of unbranched alkanes of at least 4 members (excludes halogenated alkanes) is 20. The number of thiophene rings is 6. The Labute approximate surface area is 592 Å². The minimum atomic E-state index is -0.0985. The largest absolute Gasteiger partial charge is 0.340 e. The summed E-state index contributed by atoms with van der Waals surface area (Å²) in [7, 11) is 0. The molecular formula is C83H92N4OS7. The second-order valence-electron chi connectivity index (χ2n) is 26.2. The van der Waals surface area contributed by atoms with Crippen LogP contribution in [0.3, 0.4) is 0 Å². The van der Waals surface area contributed by atoms with Gasteiger partial charge < -0.3 is 9.13 Å². The third kappa shape index (κ3) is 15.6. The third-order valence-electron chi connectivity index (χ3n) is 19.3. The van der Waals surface area contributed by atoms with Gasteiger partial charge >= 0.3 is 0 Å². The lowest BCUT2D eigenvalue weighted by Crippen LogP contribution is -2.09. The molecule has 0 aliphatic heterocycles. The lowest BCUT2D eigenvalue weighted by Gasteiger charge is -2.08. The molecule has 0 saturated heterocycles. The van der Waals surface area contributed by atoms with Crippen LogP contribution in [0, 0.1) is 0 Å². The maximum Gasteiger partial charge on any atom is 0.234 e. The summed E-state index contributed by atoms with van der Waals surface area (Å²) in [4.78, 5) is 29.4. The van der Waals surface area contributed by atoms with Crippen molar-refractivity contribution in [3.63, 3.8) is 0 Å². The van der Waals surface area contributed by atoms with Gasteiger partial charge in [-0.1, -0.05) is 205 Å². The van der Waals surface area contributed by atoms with Gasteiger partial charge in [-0.05, 0) is 158 Å². The van der Waals surface area contributed by atoms with Crippen LogP contribution >= 0.6 is 79.7 Å². The van der Waals surface area contributed by atoms with E-state index in [-0.39, 0.29) is 5.43 Å². The first-order valence-electron chi connectivity index (χ1n) is 36.0. The van der Waals surface area contributed by atoms with Crippen molar-refractivity contribution in [3.8, 4) is 81.0 Å². The average Bonchev–Trinajstić information content (AvgIpc) is 1.65. The minimum Gasteiger partial charge on any atom is -0.340 e. The molecule has 13 rings (SSSR count). The first kappa shape index (κ1) is 67.5. The van der Waals surface area contributed by atoms with E-state index in [9.17, 15) is 4.79 Å². The fourth-order valence-corrected chi connectivity index (χ4v) is 21.7. The van der Waals surface area contributed by atoms with E-state index < -0.39 is 0 Å². The minimum absolute atomic E-state index is 0.0985. The Hall–Kier alpha value is -6.09. The predicted octanol–water partition coefficient (Wildman–Crippen LogP) is 28.3. The average molecular weight is 1390 g/mol. The molecule has 5 nitrogen and oxygen atoms in total. The molecule has 0 saturated carbocycles. The molecule has 4 aromatic carbocycles. The van der Waals surface area contributed by atoms with Crippen LogP contribution in [0.5, 0.6) is 0 Å². The molecule has 12 heteroatoms. The van der Waals surface area contributed by atoms with Crippen molar-refractivity contribution in [2.24, 2.45) is 0 Å². The van der Waals surface area contributed by atoms with E-state index in [1.165, 1.54) is 256 Å². The molecule has 0 radical (unpaired) electrons. The fraction of sp³-hybridized carbons (Fsp3) is 0.386. The lowest BCUT2D eigenvalue weighted by molar-refractivity contribution is 0.553. The molecule has 0 aliphatic carbocycles. The van der Waals surface area contributed by atoms with Gasteiger partial charge in [-0.3, -0.25) is 4.79 Å². The Morgan fingerprint density at radius 2 is 0.653 bits per heavy atom. The number of aryl methyl sites for hydroxylation is 4. The van der Waals surface area contributed by atoms with Gasteiger partial charge in [-0.2, -0.15) is 8.75 Å². The molecule has 9 aromatic heterocycles. The van der Waals surface area contributed by atoms with Crippen molar-refractivity contribution in [3.05, 3.63) is 167 Å². The van der Waals surface area contributed by atoms with E-state index in [2.05, 4.69) is 182 Å². The maximum atomic E-state index is 14.8. The van der Waals surface area contributed by atoms with Gasteiger partial charge in [-0.15, -0.1) is 68.0 Å². The van der Waals surface area contributed by atoms with Crippen LogP contribution in [0.2, 0.25) is 0 Å². The number of hydrogen-bond donors (Lipinski definition) is 0. The van der Waals surface area contributed by atoms with Gasteiger partial charge in [0.05, 0.1) is 21.5 Å². The number of benzene rings is 4. The van der Waals surface area contributed by atoms with E-state index in [0.29, 0.717) is 11.4 Å². The molecule has 0 N–H and O–H groups in total. The highest BCUT2D eigenvalue weighted by Gasteiger charge is 2.23. The van der Waals surface area contributed by atoms with Gasteiger partial charge in [0, 0.05) is 105 Å². The second-order valence-corrected chi connectivity index (χ2v) is 33.2. The number of rotatable bonds is 36. The van der Waals surface area contributed by atoms with Crippen LogP contribution < -0.4 is 5.43 Å². The van der Waals surface area contributed by atoms with E-state index in [0.717, 1.165) is 60.3 Å². The Kier molecular flexibility index (Phi) is 23.4. The van der Waals surface area contributed by atoms with Crippen molar-refractivity contribution in [1.82, 2.24) is 17.9 Å². The van der Waals surface area contributed by atoms with Gasteiger partial charge in [0.1, 0.15) is 11.4 Å². The summed E-state index contributed by atoms with van der Waals surface area (Å²) in [6, 6.07) is 55.3. The molecule has 0 atom stereocenters. The number of aromatic nitrogens is 4. The third-order valence-corrected chi connectivity index (χ3v) is 27.4. The van der Waals surface area contributed by atoms with Crippen LogP contribution in [0.4, 0.5) is 0 Å². The van der Waals surface area contributed by atoms with Crippen molar-refractivity contribution in [2.45, 2.75) is 208 Å². The highest BCUT2D eigenvalue weighted by atomic mass is 32.1. The van der Waals surface area contributed by atoms with Gasteiger partial charge in [0.2, 0.25) is 5.43 Å². The summed E-state index contributed by atoms with van der Waals surface area (Å²) in [6.45, 7) is 11.3. The summed E-state index contributed by atoms with van der Waals surface area (Å²) in [5.41, 5.74) is 11.6. The monoisotopic (exact) mass is 1380 g/mol. The number of para-hydroxylation sites is 2.